The van der Waals surface area contributed by atoms with Crippen LogP contribution >= 0.6 is 0 Å². The fraction of sp³-hybridized carbons (Fsp3) is 0.571. The Morgan fingerprint density at radius 2 is 1.65 bits per heavy atom. The molecule has 17 heavy (non-hydrogen) atoms. The molecule has 1 saturated carbocycles. The molecular weight excluding hydrogens is 214 g/mol. The minimum atomic E-state index is 0.284. The van der Waals surface area contributed by atoms with Gasteiger partial charge in [0.1, 0.15) is 11.5 Å². The van der Waals surface area contributed by atoms with Crippen molar-refractivity contribution < 1.29 is 9.47 Å². The van der Waals surface area contributed by atoms with Crippen molar-refractivity contribution in [3.05, 3.63) is 23.8 Å². The topological polar surface area (TPSA) is 44.5 Å². The van der Waals surface area contributed by atoms with Crippen LogP contribution in [0, 0.1) is 11.3 Å². The molecule has 2 rings (SSSR count). The first kappa shape index (κ1) is 12.2. The molecule has 0 amide bonds. The van der Waals surface area contributed by atoms with Gasteiger partial charge in [-0.15, -0.1) is 0 Å². The van der Waals surface area contributed by atoms with E-state index < -0.39 is 0 Å². The molecule has 1 aromatic carbocycles. The Morgan fingerprint density at radius 3 is 2.00 bits per heavy atom. The standard InChI is InChI=1S/C14H21NO2/c1-14(2)12(8-15)13(14)9-5-10(16-3)7-11(6-9)17-4/h5-7,12-13H,8,15H2,1-4H3/t12-,13-/m1/s1. The summed E-state index contributed by atoms with van der Waals surface area (Å²) in [5.74, 6) is 2.76. The summed E-state index contributed by atoms with van der Waals surface area (Å²) >= 11 is 0. The lowest BCUT2D eigenvalue weighted by atomic mass is 10.0. The van der Waals surface area contributed by atoms with Gasteiger partial charge in [0, 0.05) is 6.07 Å². The molecular formula is C14H21NO2. The molecule has 0 aromatic heterocycles. The number of ether oxygens (including phenoxy) is 2. The Labute approximate surface area is 103 Å². The minimum absolute atomic E-state index is 0.284. The highest BCUT2D eigenvalue weighted by Gasteiger charge is 2.57. The third-order valence-electron chi connectivity index (χ3n) is 4.04. The second-order valence-corrected chi connectivity index (χ2v) is 5.29. The largest absolute Gasteiger partial charge is 0.497 e. The van der Waals surface area contributed by atoms with Crippen LogP contribution in [-0.2, 0) is 0 Å². The molecule has 0 radical (unpaired) electrons. The summed E-state index contributed by atoms with van der Waals surface area (Å²) in [6, 6.07) is 6.07. The van der Waals surface area contributed by atoms with Gasteiger partial charge < -0.3 is 15.2 Å². The molecule has 0 bridgehead atoms. The number of methoxy groups -OCH3 is 2. The van der Waals surface area contributed by atoms with Gasteiger partial charge in [0.05, 0.1) is 14.2 Å². The third kappa shape index (κ3) is 2.00. The summed E-state index contributed by atoms with van der Waals surface area (Å²) < 4.78 is 10.6. The summed E-state index contributed by atoms with van der Waals surface area (Å²) in [7, 11) is 3.36. The van der Waals surface area contributed by atoms with Crippen LogP contribution in [0.1, 0.15) is 25.3 Å². The van der Waals surface area contributed by atoms with E-state index in [1.165, 1.54) is 5.56 Å². The smallest absolute Gasteiger partial charge is 0.122 e. The lowest BCUT2D eigenvalue weighted by Crippen LogP contribution is -2.05. The normalized spacial score (nSPS) is 25.5. The van der Waals surface area contributed by atoms with Crippen LogP contribution < -0.4 is 15.2 Å². The Kier molecular flexibility index (Phi) is 3.04. The highest BCUT2D eigenvalue weighted by molar-refractivity contribution is 5.43. The van der Waals surface area contributed by atoms with Gasteiger partial charge >= 0.3 is 0 Å². The maximum Gasteiger partial charge on any atom is 0.122 e. The van der Waals surface area contributed by atoms with E-state index in [2.05, 4.69) is 26.0 Å². The second-order valence-electron chi connectivity index (χ2n) is 5.29. The van der Waals surface area contributed by atoms with E-state index in [4.69, 9.17) is 15.2 Å². The van der Waals surface area contributed by atoms with Crippen LogP contribution in [0.4, 0.5) is 0 Å². The Morgan fingerprint density at radius 1 is 1.12 bits per heavy atom. The van der Waals surface area contributed by atoms with Crippen LogP contribution in [0.15, 0.2) is 18.2 Å². The predicted octanol–water partition coefficient (Wildman–Crippen LogP) is 2.40. The van der Waals surface area contributed by atoms with Gasteiger partial charge in [0.2, 0.25) is 0 Å². The fourth-order valence-corrected chi connectivity index (χ4v) is 2.85. The highest BCUT2D eigenvalue weighted by atomic mass is 16.5. The van der Waals surface area contributed by atoms with E-state index in [0.29, 0.717) is 11.8 Å². The monoisotopic (exact) mass is 235 g/mol. The van der Waals surface area contributed by atoms with Crippen molar-refractivity contribution >= 4 is 0 Å². The maximum absolute atomic E-state index is 5.82. The molecule has 2 atom stereocenters. The molecule has 0 saturated heterocycles. The van der Waals surface area contributed by atoms with Crippen molar-refractivity contribution in [2.24, 2.45) is 17.1 Å². The van der Waals surface area contributed by atoms with Gasteiger partial charge in [-0.1, -0.05) is 13.8 Å². The summed E-state index contributed by atoms with van der Waals surface area (Å²) in [6.45, 7) is 5.26. The summed E-state index contributed by atoms with van der Waals surface area (Å²) in [4.78, 5) is 0. The van der Waals surface area contributed by atoms with Gasteiger partial charge in [0.15, 0.2) is 0 Å². The minimum Gasteiger partial charge on any atom is -0.497 e. The van der Waals surface area contributed by atoms with Crippen molar-refractivity contribution in [2.45, 2.75) is 19.8 Å². The zero-order valence-electron chi connectivity index (χ0n) is 11.0. The maximum atomic E-state index is 5.82. The summed E-state index contributed by atoms with van der Waals surface area (Å²) in [5, 5.41) is 0. The Hall–Kier alpha value is -1.22. The molecule has 1 aliphatic carbocycles. The lowest BCUT2D eigenvalue weighted by molar-refractivity contribution is 0.393. The molecule has 1 aromatic rings. The summed E-state index contributed by atoms with van der Waals surface area (Å²) in [5.41, 5.74) is 7.37. The van der Waals surface area contributed by atoms with Gasteiger partial charge in [-0.3, -0.25) is 0 Å². The van der Waals surface area contributed by atoms with Crippen LogP contribution in [0.25, 0.3) is 0 Å². The second kappa shape index (κ2) is 4.22. The molecule has 3 heteroatoms. The number of nitrogens with two attached hydrogens (primary N) is 1. The number of rotatable bonds is 4. The molecule has 94 valence electrons. The molecule has 0 heterocycles. The van der Waals surface area contributed by atoms with Gasteiger partial charge in [0.25, 0.3) is 0 Å². The molecule has 1 aliphatic rings. The fourth-order valence-electron chi connectivity index (χ4n) is 2.85. The molecule has 2 N–H and O–H groups in total. The van der Waals surface area contributed by atoms with Crippen molar-refractivity contribution in [3.63, 3.8) is 0 Å². The average molecular weight is 235 g/mol. The quantitative estimate of drug-likeness (QED) is 0.871. The van der Waals surface area contributed by atoms with Gasteiger partial charge in [-0.25, -0.2) is 0 Å². The zero-order chi connectivity index (χ0) is 12.6. The number of hydrogen-bond donors (Lipinski definition) is 1. The Balaban J connectivity index is 2.33. The first-order valence-electron chi connectivity index (χ1n) is 5.97. The third-order valence-corrected chi connectivity index (χ3v) is 4.04. The lowest BCUT2D eigenvalue weighted by Gasteiger charge is -2.09. The van der Waals surface area contributed by atoms with Crippen molar-refractivity contribution in [2.75, 3.05) is 20.8 Å². The zero-order valence-corrected chi connectivity index (χ0v) is 11.0. The van der Waals surface area contributed by atoms with E-state index in [1.54, 1.807) is 14.2 Å². The van der Waals surface area contributed by atoms with Crippen molar-refractivity contribution in [1.82, 2.24) is 0 Å². The van der Waals surface area contributed by atoms with E-state index in [9.17, 15) is 0 Å². The summed E-state index contributed by atoms with van der Waals surface area (Å²) in [6.07, 6.45) is 0. The molecule has 3 nitrogen and oxygen atoms in total. The van der Waals surface area contributed by atoms with Crippen molar-refractivity contribution in [3.8, 4) is 11.5 Å². The van der Waals surface area contributed by atoms with E-state index >= 15 is 0 Å². The van der Waals surface area contributed by atoms with Crippen LogP contribution in [0.2, 0.25) is 0 Å². The van der Waals surface area contributed by atoms with E-state index in [-0.39, 0.29) is 5.41 Å². The van der Waals surface area contributed by atoms with E-state index in [1.807, 2.05) is 6.07 Å². The van der Waals surface area contributed by atoms with Gasteiger partial charge in [-0.05, 0) is 41.5 Å². The molecule has 0 unspecified atom stereocenters. The molecule has 0 spiro atoms. The average Bonchev–Trinajstić information content (AvgIpc) is 2.90. The van der Waals surface area contributed by atoms with E-state index in [0.717, 1.165) is 18.0 Å². The molecule has 0 aliphatic heterocycles. The predicted molar refractivity (Wildman–Crippen MR) is 68.6 cm³/mol. The number of benzene rings is 1. The van der Waals surface area contributed by atoms with Crippen molar-refractivity contribution in [1.29, 1.82) is 0 Å². The van der Waals surface area contributed by atoms with Crippen LogP contribution in [0.5, 0.6) is 11.5 Å². The Bertz CT molecular complexity index is 392. The van der Waals surface area contributed by atoms with Crippen LogP contribution in [-0.4, -0.2) is 20.8 Å². The first-order valence-corrected chi connectivity index (χ1v) is 5.97. The van der Waals surface area contributed by atoms with Gasteiger partial charge in [-0.2, -0.15) is 0 Å². The molecule has 1 fully saturated rings. The van der Waals surface area contributed by atoms with Crippen LogP contribution in [0.3, 0.4) is 0 Å². The highest BCUT2D eigenvalue weighted by Crippen LogP contribution is 2.64. The first-order chi connectivity index (χ1) is 8.04. The SMILES string of the molecule is COc1cc(OC)cc([C@@H]2[C@@H](CN)C2(C)C)c1. The number of hydrogen-bond acceptors (Lipinski definition) is 3.